The first-order valence-electron chi connectivity index (χ1n) is 5.97. The van der Waals surface area contributed by atoms with E-state index in [0.29, 0.717) is 6.42 Å². The molecule has 0 aliphatic rings. The van der Waals surface area contributed by atoms with Crippen LogP contribution in [0.4, 0.5) is 0 Å². The minimum atomic E-state index is -0.764. The zero-order valence-corrected chi connectivity index (χ0v) is 11.4. The third-order valence-corrected chi connectivity index (χ3v) is 2.79. The first-order valence-corrected chi connectivity index (χ1v) is 5.97. The molecule has 0 aromatic heterocycles. The van der Waals surface area contributed by atoms with E-state index in [4.69, 9.17) is 9.84 Å². The highest BCUT2D eigenvalue weighted by Crippen LogP contribution is 2.22. The first kappa shape index (κ1) is 14.5. The predicted octanol–water partition coefficient (Wildman–Crippen LogP) is 2.02. The Hall–Kier alpha value is -1.55. The Balaban J connectivity index is 2.91. The fraction of sp³-hybridized carbons (Fsp3) is 0.500. The van der Waals surface area contributed by atoms with Gasteiger partial charge in [-0.3, -0.25) is 4.79 Å². The maximum atomic E-state index is 10.9. The molecule has 0 aliphatic carbocycles. The molecule has 1 aromatic carbocycles. The maximum Gasteiger partial charge on any atom is 0.306 e. The molecule has 0 saturated heterocycles. The molecule has 1 atom stereocenters. The predicted molar refractivity (Wildman–Crippen MR) is 70.9 cm³/mol. The van der Waals surface area contributed by atoms with Crippen molar-refractivity contribution >= 4 is 5.97 Å². The topological polar surface area (TPSA) is 49.8 Å². The molecule has 0 saturated carbocycles. The molecule has 1 N–H and O–H groups in total. The summed E-state index contributed by atoms with van der Waals surface area (Å²) in [4.78, 5) is 12.9. The van der Waals surface area contributed by atoms with E-state index in [2.05, 4.69) is 4.90 Å². The van der Waals surface area contributed by atoms with Crippen LogP contribution < -0.4 is 4.74 Å². The van der Waals surface area contributed by atoms with Crippen molar-refractivity contribution in [1.29, 1.82) is 0 Å². The van der Waals surface area contributed by atoms with Crippen molar-refractivity contribution in [3.8, 4) is 5.75 Å². The maximum absolute atomic E-state index is 10.9. The van der Waals surface area contributed by atoms with Gasteiger partial charge < -0.3 is 14.7 Å². The fourth-order valence-corrected chi connectivity index (χ4v) is 1.86. The summed E-state index contributed by atoms with van der Waals surface area (Å²) in [5.41, 5.74) is 2.11. The quantitative estimate of drug-likeness (QED) is 0.840. The Morgan fingerprint density at radius 1 is 1.44 bits per heavy atom. The van der Waals surface area contributed by atoms with Gasteiger partial charge in [0.1, 0.15) is 5.75 Å². The third kappa shape index (κ3) is 4.04. The van der Waals surface area contributed by atoms with Crippen LogP contribution in [0.5, 0.6) is 5.75 Å². The van der Waals surface area contributed by atoms with Crippen LogP contribution in [-0.4, -0.2) is 37.2 Å². The summed E-state index contributed by atoms with van der Waals surface area (Å²) in [6, 6.07) is 5.86. The van der Waals surface area contributed by atoms with Crippen LogP contribution in [0, 0.1) is 5.92 Å². The van der Waals surface area contributed by atoms with E-state index in [1.54, 1.807) is 14.0 Å². The van der Waals surface area contributed by atoms with E-state index in [1.807, 2.05) is 32.3 Å². The average molecular weight is 251 g/mol. The van der Waals surface area contributed by atoms with Crippen LogP contribution in [0.15, 0.2) is 18.2 Å². The van der Waals surface area contributed by atoms with Crippen molar-refractivity contribution < 1.29 is 14.6 Å². The Kier molecular flexibility index (Phi) is 5.16. The lowest BCUT2D eigenvalue weighted by molar-refractivity contribution is -0.141. The molecule has 1 rings (SSSR count). The lowest BCUT2D eigenvalue weighted by Gasteiger charge is -2.15. The molecule has 0 heterocycles. The van der Waals surface area contributed by atoms with Crippen molar-refractivity contribution in [2.75, 3.05) is 21.2 Å². The molecule has 0 bridgehead atoms. The average Bonchev–Trinajstić information content (AvgIpc) is 2.28. The monoisotopic (exact) mass is 251 g/mol. The van der Waals surface area contributed by atoms with Crippen molar-refractivity contribution in [2.45, 2.75) is 19.9 Å². The van der Waals surface area contributed by atoms with Crippen molar-refractivity contribution in [3.63, 3.8) is 0 Å². The first-order chi connectivity index (χ1) is 8.43. The van der Waals surface area contributed by atoms with Crippen LogP contribution in [0.2, 0.25) is 0 Å². The van der Waals surface area contributed by atoms with E-state index in [-0.39, 0.29) is 5.92 Å². The van der Waals surface area contributed by atoms with Gasteiger partial charge in [-0.2, -0.15) is 0 Å². The Morgan fingerprint density at radius 3 is 2.61 bits per heavy atom. The standard InChI is InChI=1S/C14H21NO3/c1-10(14(16)17)7-11-5-6-13(18-4)12(8-11)9-15(2)3/h5-6,8,10H,7,9H2,1-4H3,(H,16,17). The molecule has 1 aromatic rings. The van der Waals surface area contributed by atoms with Crippen LogP contribution in [0.3, 0.4) is 0 Å². The molecule has 100 valence electrons. The minimum absolute atomic E-state index is 0.370. The summed E-state index contributed by atoms with van der Waals surface area (Å²) >= 11 is 0. The number of nitrogens with zero attached hydrogens (tertiary/aromatic N) is 1. The smallest absolute Gasteiger partial charge is 0.306 e. The van der Waals surface area contributed by atoms with Crippen molar-refractivity contribution in [3.05, 3.63) is 29.3 Å². The molecule has 0 spiro atoms. The summed E-state index contributed by atoms with van der Waals surface area (Å²) < 4.78 is 5.31. The van der Waals surface area contributed by atoms with Gasteiger partial charge in [-0.05, 0) is 32.1 Å². The SMILES string of the molecule is COc1ccc(CC(C)C(=O)O)cc1CN(C)C. The van der Waals surface area contributed by atoms with Crippen molar-refractivity contribution in [2.24, 2.45) is 5.92 Å². The number of carboxylic acids is 1. The van der Waals surface area contributed by atoms with Crippen molar-refractivity contribution in [1.82, 2.24) is 4.90 Å². The molecule has 0 radical (unpaired) electrons. The Bertz CT molecular complexity index is 416. The van der Waals surface area contributed by atoms with Gasteiger partial charge in [-0.15, -0.1) is 0 Å². The third-order valence-electron chi connectivity index (χ3n) is 2.79. The van der Waals surface area contributed by atoms with Gasteiger partial charge >= 0.3 is 5.97 Å². The molecule has 18 heavy (non-hydrogen) atoms. The van der Waals surface area contributed by atoms with Gasteiger partial charge in [0.15, 0.2) is 0 Å². The van der Waals surface area contributed by atoms with Crippen LogP contribution in [0.25, 0.3) is 0 Å². The number of carboxylic acid groups (broad SMARTS) is 1. The molecule has 0 aliphatic heterocycles. The van der Waals surface area contributed by atoms with E-state index in [1.165, 1.54) is 0 Å². The summed E-state index contributed by atoms with van der Waals surface area (Å²) in [6.45, 7) is 2.50. The molecule has 4 heteroatoms. The van der Waals surface area contributed by atoms with E-state index in [0.717, 1.165) is 23.4 Å². The second-order valence-corrected chi connectivity index (χ2v) is 4.83. The Labute approximate surface area is 108 Å². The van der Waals surface area contributed by atoms with E-state index >= 15 is 0 Å². The highest BCUT2D eigenvalue weighted by Gasteiger charge is 2.13. The van der Waals surface area contributed by atoms with Gasteiger partial charge in [-0.1, -0.05) is 19.1 Å². The largest absolute Gasteiger partial charge is 0.496 e. The van der Waals surface area contributed by atoms with Gasteiger partial charge in [0.2, 0.25) is 0 Å². The van der Waals surface area contributed by atoms with E-state index < -0.39 is 5.97 Å². The number of rotatable bonds is 6. The van der Waals surface area contributed by atoms with Crippen LogP contribution in [0.1, 0.15) is 18.1 Å². The number of hydrogen-bond donors (Lipinski definition) is 1. The van der Waals surface area contributed by atoms with Gasteiger partial charge in [-0.25, -0.2) is 0 Å². The van der Waals surface area contributed by atoms with Gasteiger partial charge in [0.05, 0.1) is 13.0 Å². The van der Waals surface area contributed by atoms with E-state index in [9.17, 15) is 4.79 Å². The summed E-state index contributed by atoms with van der Waals surface area (Å²) in [5, 5.41) is 8.93. The van der Waals surface area contributed by atoms with Gasteiger partial charge in [0, 0.05) is 12.1 Å². The summed E-state index contributed by atoms with van der Waals surface area (Å²) in [7, 11) is 5.63. The molecular weight excluding hydrogens is 230 g/mol. The molecule has 0 amide bonds. The van der Waals surface area contributed by atoms with Crippen LogP contribution in [-0.2, 0) is 17.8 Å². The fourth-order valence-electron chi connectivity index (χ4n) is 1.86. The summed E-state index contributed by atoms with van der Waals surface area (Å²) in [6.07, 6.45) is 0.541. The number of hydrogen-bond acceptors (Lipinski definition) is 3. The highest BCUT2D eigenvalue weighted by molar-refractivity contribution is 5.69. The highest BCUT2D eigenvalue weighted by atomic mass is 16.5. The second kappa shape index (κ2) is 6.40. The molecular formula is C14H21NO3. The molecule has 1 unspecified atom stereocenters. The molecule has 4 nitrogen and oxygen atoms in total. The lowest BCUT2D eigenvalue weighted by atomic mass is 9.99. The normalized spacial score (nSPS) is 12.5. The number of ether oxygens (including phenoxy) is 1. The lowest BCUT2D eigenvalue weighted by Crippen LogP contribution is -2.14. The zero-order valence-electron chi connectivity index (χ0n) is 11.4. The number of carbonyl (C=O) groups is 1. The van der Waals surface area contributed by atoms with Gasteiger partial charge in [0.25, 0.3) is 0 Å². The number of benzene rings is 1. The number of aliphatic carboxylic acids is 1. The second-order valence-electron chi connectivity index (χ2n) is 4.83. The molecule has 0 fully saturated rings. The Morgan fingerprint density at radius 2 is 2.11 bits per heavy atom. The summed E-state index contributed by atoms with van der Waals surface area (Å²) in [5.74, 6) is -0.291. The minimum Gasteiger partial charge on any atom is -0.496 e. The zero-order chi connectivity index (χ0) is 13.7. The number of methoxy groups -OCH3 is 1. The van der Waals surface area contributed by atoms with Crippen LogP contribution >= 0.6 is 0 Å².